The van der Waals surface area contributed by atoms with Crippen molar-refractivity contribution in [2.75, 3.05) is 46.2 Å². The zero-order chi connectivity index (χ0) is 30.5. The van der Waals surface area contributed by atoms with E-state index in [4.69, 9.17) is 10.5 Å². The molecule has 3 aliphatic rings. The maximum atomic E-state index is 14.0. The van der Waals surface area contributed by atoms with Crippen LogP contribution in [0.4, 0.5) is 5.69 Å². The molecule has 1 aromatic rings. The first-order valence-electron chi connectivity index (χ1n) is 13.7. The summed E-state index contributed by atoms with van der Waals surface area (Å²) in [5, 5.41) is 48.5. The summed E-state index contributed by atoms with van der Waals surface area (Å²) in [6.45, 7) is 5.41. The van der Waals surface area contributed by atoms with Crippen molar-refractivity contribution >= 4 is 28.9 Å². The molecule has 224 valence electrons. The van der Waals surface area contributed by atoms with Crippen molar-refractivity contribution in [3.05, 3.63) is 39.7 Å². The van der Waals surface area contributed by atoms with E-state index >= 15 is 0 Å². The monoisotopic (exact) mass is 572 g/mol. The number of rotatable bonds is 9. The summed E-state index contributed by atoms with van der Waals surface area (Å²) in [6, 6.07) is 0.397. The number of ketones is 2. The number of hydrogen-bond donors (Lipinski definition) is 6. The van der Waals surface area contributed by atoms with Gasteiger partial charge in [0.2, 0.25) is 5.78 Å². The molecule has 0 unspecified atom stereocenters. The predicted octanol–water partition coefficient (Wildman–Crippen LogP) is 0.545. The first-order valence-corrected chi connectivity index (χ1v) is 13.7. The Kier molecular flexibility index (Phi) is 8.25. The largest absolute Gasteiger partial charge is 0.508 e. The number of Topliss-reactive ketones (excluding diaryl/α,β-unsaturated/α-hetero) is 2. The number of amides is 1. The van der Waals surface area contributed by atoms with Crippen molar-refractivity contribution in [3.63, 3.8) is 0 Å². The number of ether oxygens (including phenoxy) is 1. The first kappa shape index (κ1) is 30.5. The molecule has 0 bridgehead atoms. The second kappa shape index (κ2) is 11.1. The van der Waals surface area contributed by atoms with Crippen LogP contribution in [0.3, 0.4) is 0 Å². The highest BCUT2D eigenvalue weighted by Gasteiger charge is 2.64. The molecule has 0 heterocycles. The Hall–Kier alpha value is -3.45. The van der Waals surface area contributed by atoms with E-state index in [9.17, 15) is 34.8 Å². The molecule has 12 nitrogen and oxygen atoms in total. The summed E-state index contributed by atoms with van der Waals surface area (Å²) in [5.41, 5.74) is 3.93. The predicted molar refractivity (Wildman–Crippen MR) is 151 cm³/mol. The molecule has 0 aromatic heterocycles. The van der Waals surface area contributed by atoms with Crippen molar-refractivity contribution in [1.82, 2.24) is 10.2 Å². The third-order valence-electron chi connectivity index (χ3n) is 8.26. The van der Waals surface area contributed by atoms with Gasteiger partial charge in [0.05, 0.1) is 24.3 Å². The number of nitrogens with two attached hydrogens (primary N) is 1. The zero-order valence-electron chi connectivity index (χ0n) is 24.3. The Morgan fingerprint density at radius 1 is 1.20 bits per heavy atom. The summed E-state index contributed by atoms with van der Waals surface area (Å²) in [4.78, 5) is 42.7. The quantitative estimate of drug-likeness (QED) is 0.179. The maximum absolute atomic E-state index is 14.0. The summed E-state index contributed by atoms with van der Waals surface area (Å²) in [5.74, 6) is -6.69. The van der Waals surface area contributed by atoms with Crippen molar-refractivity contribution < 1.29 is 39.5 Å². The Bertz CT molecular complexity index is 1350. The fourth-order valence-corrected chi connectivity index (χ4v) is 6.65. The van der Waals surface area contributed by atoms with Gasteiger partial charge in [-0.2, -0.15) is 0 Å². The fraction of sp³-hybridized carbons (Fsp3) is 0.552. The highest BCUT2D eigenvalue weighted by Crippen LogP contribution is 2.54. The van der Waals surface area contributed by atoms with Crippen LogP contribution in [0.25, 0.3) is 5.76 Å². The van der Waals surface area contributed by atoms with Crippen molar-refractivity contribution in [1.29, 1.82) is 0 Å². The molecule has 12 heteroatoms. The SMILES string of the molecule is CC(C)OCCNCc1cc(O)c2c(c1N(C)C)C[C@H]1C[C@H]3[C@H](N(C)C)C(=O)C(C(N)=O)=C(O)[C@@]3(O)C(=O)C1=C2O. The van der Waals surface area contributed by atoms with E-state index in [0.29, 0.717) is 25.3 Å². The second-order valence-electron chi connectivity index (χ2n) is 11.7. The summed E-state index contributed by atoms with van der Waals surface area (Å²) >= 11 is 0. The number of hydrogen-bond acceptors (Lipinski definition) is 11. The van der Waals surface area contributed by atoms with E-state index in [2.05, 4.69) is 5.32 Å². The fourth-order valence-electron chi connectivity index (χ4n) is 6.65. The molecular formula is C29H40N4O8. The van der Waals surface area contributed by atoms with Crippen LogP contribution in [0.5, 0.6) is 5.75 Å². The Morgan fingerprint density at radius 3 is 2.41 bits per heavy atom. The molecule has 0 radical (unpaired) electrons. The number of carbonyl (C=O) groups excluding carboxylic acids is 3. The molecule has 41 heavy (non-hydrogen) atoms. The van der Waals surface area contributed by atoms with E-state index in [-0.39, 0.29) is 35.8 Å². The Labute approximate surface area is 239 Å². The number of aliphatic hydroxyl groups excluding tert-OH is 2. The first-order chi connectivity index (χ1) is 19.1. The van der Waals surface area contributed by atoms with Gasteiger partial charge in [0, 0.05) is 44.4 Å². The molecule has 7 N–H and O–H groups in total. The number of fused-ring (bicyclic) bond motifs is 3. The molecular weight excluding hydrogens is 532 g/mol. The molecule has 0 aliphatic heterocycles. The number of anilines is 1. The Morgan fingerprint density at radius 2 is 1.85 bits per heavy atom. The van der Waals surface area contributed by atoms with Gasteiger partial charge in [-0.25, -0.2) is 0 Å². The Balaban J connectivity index is 1.83. The number of aliphatic hydroxyl groups is 3. The van der Waals surface area contributed by atoms with Crippen LogP contribution in [0.15, 0.2) is 23.0 Å². The summed E-state index contributed by atoms with van der Waals surface area (Å²) < 4.78 is 5.58. The molecule has 1 aromatic carbocycles. The standard InChI is InChI=1S/C29H40N4O8/c1-13(2)41-8-7-31-12-15-11-18(34)20-16(22(15)32(3)4)9-14-10-17-23(33(5)6)25(36)21(28(30)39)27(38)29(17,40)26(37)19(14)24(20)35/h11,13-14,17,23,31,34-35,38,40H,7-10,12H2,1-6H3,(H2,30,39)/t14-,17-,23-,29-/m0/s1. The number of nitrogens with one attached hydrogen (secondary N) is 1. The molecule has 4 atom stereocenters. The van der Waals surface area contributed by atoms with Crippen LogP contribution in [-0.2, 0) is 32.1 Å². The highest BCUT2D eigenvalue weighted by molar-refractivity contribution is 6.24. The lowest BCUT2D eigenvalue weighted by Gasteiger charge is -2.50. The number of primary amides is 1. The summed E-state index contributed by atoms with van der Waals surface area (Å²) in [6.07, 6.45) is 0.363. The van der Waals surface area contributed by atoms with Gasteiger partial charge in [0.1, 0.15) is 22.8 Å². The molecule has 1 saturated carbocycles. The number of carbonyl (C=O) groups is 3. The van der Waals surface area contributed by atoms with Gasteiger partial charge in [0.25, 0.3) is 5.91 Å². The smallest absolute Gasteiger partial charge is 0.255 e. The van der Waals surface area contributed by atoms with Gasteiger partial charge in [-0.05, 0) is 63.9 Å². The van der Waals surface area contributed by atoms with Crippen LogP contribution in [0, 0.1) is 11.8 Å². The molecule has 0 saturated heterocycles. The van der Waals surface area contributed by atoms with Crippen LogP contribution >= 0.6 is 0 Å². The van der Waals surface area contributed by atoms with Gasteiger partial charge < -0.3 is 41.1 Å². The lowest BCUT2D eigenvalue weighted by Crippen LogP contribution is -2.65. The van der Waals surface area contributed by atoms with Crippen LogP contribution in [0.1, 0.15) is 37.0 Å². The van der Waals surface area contributed by atoms with E-state index < -0.39 is 58.0 Å². The molecule has 4 rings (SSSR count). The van der Waals surface area contributed by atoms with Gasteiger partial charge in [-0.15, -0.1) is 0 Å². The van der Waals surface area contributed by atoms with E-state index in [1.54, 1.807) is 14.1 Å². The number of aromatic hydroxyl groups is 1. The van der Waals surface area contributed by atoms with Crippen molar-refractivity contribution in [2.24, 2.45) is 17.6 Å². The summed E-state index contributed by atoms with van der Waals surface area (Å²) in [7, 11) is 6.83. The minimum Gasteiger partial charge on any atom is -0.508 e. The molecule has 1 amide bonds. The number of likely N-dealkylation sites (N-methyl/N-ethyl adjacent to an activating group) is 1. The molecule has 1 fully saturated rings. The number of benzene rings is 1. The van der Waals surface area contributed by atoms with Crippen LogP contribution in [-0.4, -0.2) is 102 Å². The van der Waals surface area contributed by atoms with Gasteiger partial charge in [-0.3, -0.25) is 19.3 Å². The lowest BCUT2D eigenvalue weighted by molar-refractivity contribution is -0.153. The number of nitrogens with zero attached hydrogens (tertiary/aromatic N) is 2. The van der Waals surface area contributed by atoms with Crippen LogP contribution < -0.4 is 16.0 Å². The van der Waals surface area contributed by atoms with Crippen molar-refractivity contribution in [3.8, 4) is 5.75 Å². The highest BCUT2D eigenvalue weighted by atomic mass is 16.5. The number of phenols is 1. The minimum atomic E-state index is -2.66. The topological polar surface area (TPSA) is 186 Å². The lowest BCUT2D eigenvalue weighted by atomic mass is 9.57. The third-order valence-corrected chi connectivity index (χ3v) is 8.26. The van der Waals surface area contributed by atoms with E-state index in [1.165, 1.54) is 11.0 Å². The average molecular weight is 573 g/mol. The molecule has 3 aliphatic carbocycles. The minimum absolute atomic E-state index is 0.0361. The van der Waals surface area contributed by atoms with Crippen molar-refractivity contribution in [2.45, 2.75) is 51.0 Å². The van der Waals surface area contributed by atoms with E-state index in [0.717, 1.165) is 11.3 Å². The van der Waals surface area contributed by atoms with E-state index in [1.807, 2.05) is 32.8 Å². The van der Waals surface area contributed by atoms with Gasteiger partial charge in [0.15, 0.2) is 11.4 Å². The third kappa shape index (κ3) is 4.88. The zero-order valence-corrected chi connectivity index (χ0v) is 24.3. The van der Waals surface area contributed by atoms with Crippen LogP contribution in [0.2, 0.25) is 0 Å². The second-order valence-corrected chi connectivity index (χ2v) is 11.7. The van der Waals surface area contributed by atoms with Gasteiger partial charge in [-0.1, -0.05) is 0 Å². The maximum Gasteiger partial charge on any atom is 0.255 e. The molecule has 0 spiro atoms. The number of phenolic OH excluding ortho intramolecular Hbond substituents is 1. The normalized spacial score (nSPS) is 25.9. The van der Waals surface area contributed by atoms with Gasteiger partial charge >= 0.3 is 0 Å². The average Bonchev–Trinajstić information content (AvgIpc) is 2.85.